The van der Waals surface area contributed by atoms with Crippen molar-refractivity contribution in [2.75, 3.05) is 25.0 Å². The summed E-state index contributed by atoms with van der Waals surface area (Å²) in [6.45, 7) is 0.928. The number of likely N-dealkylation sites (tertiary alicyclic amines) is 1. The summed E-state index contributed by atoms with van der Waals surface area (Å²) in [5, 5.41) is 0.417. The lowest BCUT2D eigenvalue weighted by Crippen LogP contribution is -2.66. The second-order valence-corrected chi connectivity index (χ2v) is 7.62. The first-order valence-corrected chi connectivity index (χ1v) is 9.36. The van der Waals surface area contributed by atoms with Gasteiger partial charge in [0.1, 0.15) is 17.2 Å². The lowest BCUT2D eigenvalue weighted by atomic mass is 9.94. The molecule has 142 valence electrons. The molecule has 0 radical (unpaired) electrons. The SMILES string of the molecule is CN1C(OC2(C=O)CN(c3ccnc(Cl)c3)C2)CCC1c1ccccc1F. The Bertz CT molecular complexity index is 843. The maximum Gasteiger partial charge on any atom is 0.160 e. The summed E-state index contributed by atoms with van der Waals surface area (Å²) < 4.78 is 20.4. The van der Waals surface area contributed by atoms with Crippen LogP contribution in [0.3, 0.4) is 0 Å². The minimum Gasteiger partial charge on any atom is -0.365 e. The summed E-state index contributed by atoms with van der Waals surface area (Å²) in [5.74, 6) is -0.204. The van der Waals surface area contributed by atoms with Crippen molar-refractivity contribution < 1.29 is 13.9 Å². The van der Waals surface area contributed by atoms with Gasteiger partial charge in [-0.1, -0.05) is 29.8 Å². The summed E-state index contributed by atoms with van der Waals surface area (Å²) in [4.78, 5) is 19.8. The van der Waals surface area contributed by atoms with Crippen LogP contribution in [0.5, 0.6) is 0 Å². The van der Waals surface area contributed by atoms with Gasteiger partial charge in [0.25, 0.3) is 0 Å². The van der Waals surface area contributed by atoms with Crippen molar-refractivity contribution in [1.82, 2.24) is 9.88 Å². The zero-order chi connectivity index (χ0) is 19.0. The molecule has 4 rings (SSSR count). The van der Waals surface area contributed by atoms with E-state index in [0.717, 1.165) is 24.8 Å². The second-order valence-electron chi connectivity index (χ2n) is 7.23. The van der Waals surface area contributed by atoms with Crippen molar-refractivity contribution in [2.24, 2.45) is 0 Å². The highest BCUT2D eigenvalue weighted by atomic mass is 35.5. The van der Waals surface area contributed by atoms with Gasteiger partial charge in [-0.15, -0.1) is 0 Å². The van der Waals surface area contributed by atoms with Gasteiger partial charge < -0.3 is 9.64 Å². The number of hydrogen-bond donors (Lipinski definition) is 0. The van der Waals surface area contributed by atoms with Crippen molar-refractivity contribution in [3.8, 4) is 0 Å². The number of rotatable bonds is 5. The van der Waals surface area contributed by atoms with Crippen LogP contribution in [-0.2, 0) is 9.53 Å². The summed E-state index contributed by atoms with van der Waals surface area (Å²) >= 11 is 5.94. The molecule has 2 atom stereocenters. The number of ether oxygens (including phenoxy) is 1. The van der Waals surface area contributed by atoms with Crippen LogP contribution in [0, 0.1) is 5.82 Å². The van der Waals surface area contributed by atoms with Crippen LogP contribution in [0.4, 0.5) is 10.1 Å². The molecular formula is C20H21ClFN3O2. The Hall–Kier alpha value is -2.02. The van der Waals surface area contributed by atoms with E-state index in [4.69, 9.17) is 16.3 Å². The fraction of sp³-hybridized carbons (Fsp3) is 0.400. The lowest BCUT2D eigenvalue weighted by Gasteiger charge is -2.49. The van der Waals surface area contributed by atoms with Crippen molar-refractivity contribution in [3.63, 3.8) is 0 Å². The van der Waals surface area contributed by atoms with Crippen molar-refractivity contribution in [2.45, 2.75) is 30.7 Å². The van der Waals surface area contributed by atoms with Gasteiger partial charge in [-0.25, -0.2) is 9.37 Å². The minimum absolute atomic E-state index is 0.0462. The van der Waals surface area contributed by atoms with Gasteiger partial charge in [0.2, 0.25) is 0 Å². The number of halogens is 2. The van der Waals surface area contributed by atoms with Gasteiger partial charge in [-0.05, 0) is 38.1 Å². The Morgan fingerprint density at radius 2 is 2.07 bits per heavy atom. The quantitative estimate of drug-likeness (QED) is 0.579. The number of carbonyl (C=O) groups is 1. The Labute approximate surface area is 162 Å². The summed E-state index contributed by atoms with van der Waals surface area (Å²) in [7, 11) is 1.92. The Morgan fingerprint density at radius 3 is 2.78 bits per heavy atom. The molecule has 2 aliphatic rings. The van der Waals surface area contributed by atoms with E-state index in [1.807, 2.05) is 35.0 Å². The normalized spacial score (nSPS) is 24.6. The van der Waals surface area contributed by atoms with E-state index >= 15 is 0 Å². The van der Waals surface area contributed by atoms with Crippen LogP contribution in [0.25, 0.3) is 0 Å². The Kier molecular flexibility index (Phi) is 4.88. The lowest BCUT2D eigenvalue weighted by molar-refractivity contribution is -0.163. The molecule has 2 aromatic rings. The van der Waals surface area contributed by atoms with E-state index in [9.17, 15) is 9.18 Å². The molecule has 0 aliphatic carbocycles. The smallest absolute Gasteiger partial charge is 0.160 e. The van der Waals surface area contributed by atoms with Crippen molar-refractivity contribution in [3.05, 3.63) is 59.1 Å². The number of aldehydes is 1. The number of aromatic nitrogens is 1. The van der Waals surface area contributed by atoms with Crippen LogP contribution < -0.4 is 4.90 Å². The zero-order valence-corrected chi connectivity index (χ0v) is 15.8. The third-order valence-electron chi connectivity index (χ3n) is 5.47. The van der Waals surface area contributed by atoms with Crippen LogP contribution in [0.2, 0.25) is 5.15 Å². The predicted molar refractivity (Wildman–Crippen MR) is 101 cm³/mol. The number of hydrogen-bond acceptors (Lipinski definition) is 5. The first-order chi connectivity index (χ1) is 13.0. The molecule has 1 aromatic carbocycles. The molecule has 2 fully saturated rings. The first-order valence-electron chi connectivity index (χ1n) is 8.98. The largest absolute Gasteiger partial charge is 0.365 e. The number of pyridine rings is 1. The van der Waals surface area contributed by atoms with Crippen molar-refractivity contribution >= 4 is 23.6 Å². The minimum atomic E-state index is -0.848. The fourth-order valence-corrected chi connectivity index (χ4v) is 4.16. The van der Waals surface area contributed by atoms with E-state index in [0.29, 0.717) is 23.8 Å². The maximum atomic E-state index is 14.1. The molecule has 7 heteroatoms. The molecule has 27 heavy (non-hydrogen) atoms. The van der Waals surface area contributed by atoms with E-state index in [2.05, 4.69) is 4.98 Å². The monoisotopic (exact) mass is 389 g/mol. The van der Waals surface area contributed by atoms with E-state index < -0.39 is 5.60 Å². The van der Waals surface area contributed by atoms with Gasteiger partial charge in [-0.2, -0.15) is 0 Å². The maximum absolute atomic E-state index is 14.1. The Balaban J connectivity index is 1.43. The number of anilines is 1. The third kappa shape index (κ3) is 3.45. The van der Waals surface area contributed by atoms with Crippen molar-refractivity contribution in [1.29, 1.82) is 0 Å². The molecule has 0 amide bonds. The molecule has 0 spiro atoms. The molecule has 5 nitrogen and oxygen atoms in total. The van der Waals surface area contributed by atoms with Crippen LogP contribution in [-0.4, -0.2) is 48.1 Å². The van der Waals surface area contributed by atoms with Gasteiger partial charge >= 0.3 is 0 Å². The summed E-state index contributed by atoms with van der Waals surface area (Å²) in [6, 6.07) is 10.4. The van der Waals surface area contributed by atoms with E-state index in [1.54, 1.807) is 18.3 Å². The number of benzene rings is 1. The number of nitrogens with zero attached hydrogens (tertiary/aromatic N) is 3. The van der Waals surface area contributed by atoms with Gasteiger partial charge in [0, 0.05) is 23.5 Å². The second kappa shape index (κ2) is 7.19. The number of carbonyl (C=O) groups excluding carboxylic acids is 1. The molecular weight excluding hydrogens is 369 g/mol. The van der Waals surface area contributed by atoms with Gasteiger partial charge in [0.05, 0.1) is 13.1 Å². The molecule has 2 aliphatic heterocycles. The summed E-state index contributed by atoms with van der Waals surface area (Å²) in [5.41, 5.74) is 0.742. The van der Waals surface area contributed by atoms with Crippen LogP contribution in [0.1, 0.15) is 24.4 Å². The molecule has 1 aromatic heterocycles. The van der Waals surface area contributed by atoms with Gasteiger partial charge in [-0.3, -0.25) is 9.69 Å². The zero-order valence-electron chi connectivity index (χ0n) is 15.0. The molecule has 0 saturated carbocycles. The molecule has 0 bridgehead atoms. The fourth-order valence-electron chi connectivity index (χ4n) is 3.99. The standard InChI is InChI=1S/C20H21ClFN3O2/c1-24-17(15-4-2-3-5-16(15)22)6-7-19(24)27-20(13-26)11-25(12-20)14-8-9-23-18(21)10-14/h2-5,8-10,13,17,19H,6-7,11-12H2,1H3. The molecule has 2 saturated heterocycles. The first kappa shape index (κ1) is 18.3. The van der Waals surface area contributed by atoms with E-state index in [1.165, 1.54) is 6.07 Å². The van der Waals surface area contributed by atoms with E-state index in [-0.39, 0.29) is 18.1 Å². The Morgan fingerprint density at radius 1 is 1.30 bits per heavy atom. The molecule has 0 N–H and O–H groups in total. The van der Waals surface area contributed by atoms with Crippen LogP contribution in [0.15, 0.2) is 42.6 Å². The highest BCUT2D eigenvalue weighted by Gasteiger charge is 2.48. The predicted octanol–water partition coefficient (Wildman–Crippen LogP) is 3.44. The average Bonchev–Trinajstić information content (AvgIpc) is 2.98. The highest BCUT2D eigenvalue weighted by Crippen LogP contribution is 2.39. The topological polar surface area (TPSA) is 45.7 Å². The van der Waals surface area contributed by atoms with Crippen LogP contribution >= 0.6 is 11.6 Å². The van der Waals surface area contributed by atoms with Gasteiger partial charge in [0.15, 0.2) is 11.9 Å². The highest BCUT2D eigenvalue weighted by molar-refractivity contribution is 6.29. The summed E-state index contributed by atoms with van der Waals surface area (Å²) in [6.07, 6.45) is 3.86. The molecule has 3 heterocycles. The molecule has 2 unspecified atom stereocenters. The third-order valence-corrected chi connectivity index (χ3v) is 5.68. The average molecular weight is 390 g/mol.